The molecule has 1 aliphatic heterocycles. The number of rotatable bonds is 5. The molecule has 4 aromatic carbocycles. The van der Waals surface area contributed by atoms with Crippen LogP contribution in [0.25, 0.3) is 54.9 Å². The Morgan fingerprint density at radius 1 is 0.816 bits per heavy atom. The fourth-order valence-electron chi connectivity index (χ4n) is 10.8. The van der Waals surface area contributed by atoms with Crippen LogP contribution in [0.15, 0.2) is 65.1 Å². The van der Waals surface area contributed by atoms with Gasteiger partial charge < -0.3 is 4.42 Å². The Bertz CT molecular complexity index is 2370. The highest BCUT2D eigenvalue weighted by molar-refractivity contribution is 6.18. The molecule has 2 aromatic heterocycles. The van der Waals surface area contributed by atoms with Crippen LogP contribution in [0.4, 0.5) is 0 Å². The molecule has 0 N–H and O–H groups in total. The van der Waals surface area contributed by atoms with E-state index in [1.807, 2.05) is 26.0 Å². The number of hydrogen-bond donors (Lipinski definition) is 0. The molecule has 0 amide bonds. The van der Waals surface area contributed by atoms with E-state index in [0.29, 0.717) is 46.8 Å². The molecule has 8 rings (SSSR count). The van der Waals surface area contributed by atoms with Gasteiger partial charge in [-0.15, -0.1) is 0 Å². The summed E-state index contributed by atoms with van der Waals surface area (Å²) in [6, 6.07) is 22.1. The van der Waals surface area contributed by atoms with Gasteiger partial charge in [0, 0.05) is 43.4 Å². The molecule has 3 heteroatoms. The zero-order valence-corrected chi connectivity index (χ0v) is 31.6. The van der Waals surface area contributed by atoms with E-state index in [2.05, 4.69) is 122 Å². The predicted molar refractivity (Wildman–Crippen MR) is 206 cm³/mol. The van der Waals surface area contributed by atoms with Gasteiger partial charge in [0.15, 0.2) is 5.69 Å². The van der Waals surface area contributed by atoms with Crippen molar-refractivity contribution in [2.75, 3.05) is 0 Å². The largest absolute Gasteiger partial charge is 0.418 e. The lowest BCUT2D eigenvalue weighted by Gasteiger charge is -2.63. The van der Waals surface area contributed by atoms with Crippen LogP contribution < -0.4 is 4.57 Å². The third kappa shape index (κ3) is 4.33. The van der Waals surface area contributed by atoms with Crippen molar-refractivity contribution in [2.45, 2.75) is 100 Å². The van der Waals surface area contributed by atoms with Gasteiger partial charge in [-0.1, -0.05) is 125 Å². The third-order valence-electron chi connectivity index (χ3n) is 12.1. The van der Waals surface area contributed by atoms with Gasteiger partial charge in [-0.25, -0.2) is 4.57 Å². The Labute approximate surface area is 295 Å². The number of aryl methyl sites for hydroxylation is 1. The summed E-state index contributed by atoms with van der Waals surface area (Å²) < 4.78 is 27.1. The van der Waals surface area contributed by atoms with E-state index in [9.17, 15) is 0 Å². The topological polar surface area (TPSA) is 29.9 Å². The van der Waals surface area contributed by atoms with Crippen molar-refractivity contribution in [3.05, 3.63) is 83.2 Å². The van der Waals surface area contributed by atoms with Gasteiger partial charge in [0.25, 0.3) is 0 Å². The molecule has 0 saturated heterocycles. The fourth-order valence-corrected chi connectivity index (χ4v) is 10.8. The van der Waals surface area contributed by atoms with Crippen LogP contribution in [0.5, 0.6) is 0 Å². The molecule has 2 atom stereocenters. The molecular weight excluding hydrogens is 597 g/mol. The summed E-state index contributed by atoms with van der Waals surface area (Å²) in [5.41, 5.74) is 7.33. The summed E-state index contributed by atoms with van der Waals surface area (Å²) in [6.45, 7) is 27.8. The first kappa shape index (κ1) is 30.1. The Morgan fingerprint density at radius 3 is 2.08 bits per heavy atom. The van der Waals surface area contributed by atoms with Gasteiger partial charge in [0.1, 0.15) is 16.5 Å². The summed E-state index contributed by atoms with van der Waals surface area (Å²) in [4.78, 5) is 5.38. The van der Waals surface area contributed by atoms with Crippen molar-refractivity contribution >= 4 is 43.6 Å². The van der Waals surface area contributed by atoms with E-state index in [1.54, 1.807) is 0 Å². The molecule has 1 fully saturated rings. The van der Waals surface area contributed by atoms with Crippen LogP contribution in [-0.2, 0) is 17.3 Å². The minimum absolute atomic E-state index is 0.0569. The molecule has 6 aromatic rings. The van der Waals surface area contributed by atoms with Crippen molar-refractivity contribution in [1.29, 1.82) is 0 Å². The fraction of sp³-hybridized carbons (Fsp3) is 0.478. The second-order valence-corrected chi connectivity index (χ2v) is 17.6. The highest BCUT2D eigenvalue weighted by Crippen LogP contribution is 2.68. The van der Waals surface area contributed by atoms with Gasteiger partial charge in [0.05, 0.1) is 0 Å². The maximum Gasteiger partial charge on any atom is 0.346 e. The lowest BCUT2D eigenvalue weighted by atomic mass is 9.41. The second kappa shape index (κ2) is 10.9. The predicted octanol–water partition coefficient (Wildman–Crippen LogP) is 11.9. The van der Waals surface area contributed by atoms with Crippen LogP contribution in [-0.4, -0.2) is 4.98 Å². The second-order valence-electron chi connectivity index (χ2n) is 17.6. The Kier molecular flexibility index (Phi) is 6.70. The summed E-state index contributed by atoms with van der Waals surface area (Å²) >= 11 is 0. The van der Waals surface area contributed by atoms with Gasteiger partial charge in [0.2, 0.25) is 0 Å². The number of furan rings is 1. The molecule has 3 heterocycles. The Balaban J connectivity index is 1.55. The zero-order valence-electron chi connectivity index (χ0n) is 33.6. The molecule has 1 spiro atoms. The first-order chi connectivity index (χ1) is 23.9. The maximum absolute atomic E-state index is 8.77. The molecule has 3 nitrogen and oxygen atoms in total. The van der Waals surface area contributed by atoms with Crippen molar-refractivity contribution in [3.8, 4) is 11.3 Å². The van der Waals surface area contributed by atoms with Crippen molar-refractivity contribution in [1.82, 2.24) is 4.98 Å². The normalized spacial score (nSPS) is 23.1. The average Bonchev–Trinajstić information content (AvgIpc) is 3.56. The van der Waals surface area contributed by atoms with Crippen LogP contribution in [0, 0.1) is 48.3 Å². The maximum atomic E-state index is 8.77. The van der Waals surface area contributed by atoms with Gasteiger partial charge in [-0.2, -0.15) is 0 Å². The zero-order chi connectivity index (χ0) is 36.7. The molecular formula is C46H55N2O+. The molecule has 0 radical (unpaired) electrons. The minimum atomic E-state index is -1.42. The van der Waals surface area contributed by atoms with E-state index < -0.39 is 6.37 Å². The Hall–Kier alpha value is -3.72. The van der Waals surface area contributed by atoms with E-state index in [-0.39, 0.29) is 16.9 Å². The van der Waals surface area contributed by atoms with Crippen LogP contribution in [0.2, 0.25) is 0 Å². The quantitative estimate of drug-likeness (QED) is 0.173. The standard InChI is InChI=1S/C46H55N2O/c1-24(2)21-29-17-19-31-30(22-29)18-20-34-38-42-35-23-36(45(10,11)12)32-15-13-14-16-33(32)41(35)46(48(42)28(9)47-44(38)49-43(31)34)39(26(5)6)37(25(3)4)40(46)27(7)8/h13-20,22-27,37,39-40H,21H2,1-12H3/q+1/i21D2. The summed E-state index contributed by atoms with van der Waals surface area (Å²) in [5.74, 6) is 3.83. The van der Waals surface area contributed by atoms with Crippen LogP contribution >= 0.6 is 0 Å². The van der Waals surface area contributed by atoms with Gasteiger partial charge in [-0.3, -0.25) is 0 Å². The molecule has 1 saturated carbocycles. The lowest BCUT2D eigenvalue weighted by molar-refractivity contribution is -0.784. The SMILES string of the molecule is [2H]C([2H])(c1ccc2c(ccc3c2oc2nc(C)[n+]4c(c23)-c2cc(C(C)(C)C)c3ccccc3c2C42C(C(C)C)C(C(C)C)C2C(C)C)c1)C(C)C. The molecule has 1 aliphatic carbocycles. The summed E-state index contributed by atoms with van der Waals surface area (Å²) in [7, 11) is 0. The minimum Gasteiger partial charge on any atom is -0.418 e. The van der Waals surface area contributed by atoms with Crippen molar-refractivity contribution in [3.63, 3.8) is 0 Å². The van der Waals surface area contributed by atoms with Crippen molar-refractivity contribution in [2.24, 2.45) is 41.4 Å². The molecule has 2 aliphatic rings. The first-order valence-corrected chi connectivity index (χ1v) is 18.7. The van der Waals surface area contributed by atoms with E-state index in [0.717, 1.165) is 33.0 Å². The number of fused-ring (bicyclic) bond motifs is 13. The molecule has 2 unspecified atom stereocenters. The average molecular weight is 654 g/mol. The lowest BCUT2D eigenvalue weighted by Crippen LogP contribution is -2.77. The molecule has 254 valence electrons. The third-order valence-corrected chi connectivity index (χ3v) is 12.1. The smallest absolute Gasteiger partial charge is 0.346 e. The van der Waals surface area contributed by atoms with E-state index >= 15 is 0 Å². The monoisotopic (exact) mass is 653 g/mol. The number of hydrogen-bond acceptors (Lipinski definition) is 2. The highest BCUT2D eigenvalue weighted by Gasteiger charge is 2.72. The first-order valence-electron chi connectivity index (χ1n) is 19.7. The highest BCUT2D eigenvalue weighted by atomic mass is 16.3. The van der Waals surface area contributed by atoms with Crippen LogP contribution in [0.1, 0.15) is 101 Å². The van der Waals surface area contributed by atoms with E-state index in [4.69, 9.17) is 12.1 Å². The molecule has 0 bridgehead atoms. The summed E-state index contributed by atoms with van der Waals surface area (Å²) in [6.07, 6.45) is -1.42. The van der Waals surface area contributed by atoms with Gasteiger partial charge in [-0.05, 0) is 85.8 Å². The Morgan fingerprint density at radius 2 is 1.47 bits per heavy atom. The van der Waals surface area contributed by atoms with Crippen molar-refractivity contribution < 1.29 is 11.7 Å². The van der Waals surface area contributed by atoms with E-state index in [1.165, 1.54) is 33.2 Å². The van der Waals surface area contributed by atoms with Crippen LogP contribution in [0.3, 0.4) is 0 Å². The number of aromatic nitrogens is 2. The molecule has 49 heavy (non-hydrogen) atoms. The summed E-state index contributed by atoms with van der Waals surface area (Å²) in [5, 5.41) is 6.88. The number of nitrogens with zero attached hydrogens (tertiary/aromatic N) is 2. The van der Waals surface area contributed by atoms with Gasteiger partial charge >= 0.3 is 11.5 Å². The number of benzene rings is 4.